The Kier molecular flexibility index (Phi) is 4.08. The first-order valence-electron chi connectivity index (χ1n) is 7.16. The lowest BCUT2D eigenvalue weighted by Gasteiger charge is -2.28. The van der Waals surface area contributed by atoms with Crippen LogP contribution >= 0.6 is 0 Å². The van der Waals surface area contributed by atoms with Crippen molar-refractivity contribution in [1.29, 1.82) is 0 Å². The van der Waals surface area contributed by atoms with Crippen molar-refractivity contribution in [1.82, 2.24) is 0 Å². The first-order valence-corrected chi connectivity index (χ1v) is 8.64. The third-order valence-corrected chi connectivity index (χ3v) is 5.58. The summed E-state index contributed by atoms with van der Waals surface area (Å²) in [6.45, 7) is 1.58. The van der Waals surface area contributed by atoms with Crippen LogP contribution < -0.4 is 4.90 Å². The summed E-state index contributed by atoms with van der Waals surface area (Å²) < 4.78 is 57.3. The average Bonchev–Trinajstić information content (AvgIpc) is 2.57. The summed E-state index contributed by atoms with van der Waals surface area (Å²) in [7, 11) is -3.23. The molecule has 0 radical (unpaired) electrons. The zero-order valence-electron chi connectivity index (χ0n) is 13.3. The van der Waals surface area contributed by atoms with Gasteiger partial charge in [0.25, 0.3) is 0 Å². The molecule has 5 nitrogen and oxygen atoms in total. The number of ether oxygens (including phenoxy) is 1. The highest BCUT2D eigenvalue weighted by molar-refractivity contribution is 7.96. The fourth-order valence-corrected chi connectivity index (χ4v) is 3.98. The number of hydrogen-bond donors (Lipinski definition) is 0. The summed E-state index contributed by atoms with van der Waals surface area (Å²) in [6.07, 6.45) is 1.05. The van der Waals surface area contributed by atoms with Gasteiger partial charge in [-0.05, 0) is 42.8 Å². The van der Waals surface area contributed by atoms with E-state index >= 15 is 0 Å². The van der Waals surface area contributed by atoms with E-state index in [1.165, 1.54) is 23.1 Å². The van der Waals surface area contributed by atoms with Gasteiger partial charge in [0, 0.05) is 11.9 Å². The molecule has 0 atom stereocenters. The number of halogens is 2. The van der Waals surface area contributed by atoms with Gasteiger partial charge in [0.05, 0.1) is 17.7 Å². The van der Waals surface area contributed by atoms with Gasteiger partial charge in [-0.15, -0.1) is 0 Å². The third kappa shape index (κ3) is 2.78. The van der Waals surface area contributed by atoms with E-state index in [1.54, 1.807) is 13.0 Å². The van der Waals surface area contributed by atoms with Gasteiger partial charge in [-0.1, -0.05) is 6.07 Å². The van der Waals surface area contributed by atoms with Crippen molar-refractivity contribution < 1.29 is 26.7 Å². The van der Waals surface area contributed by atoms with E-state index in [-0.39, 0.29) is 11.4 Å². The van der Waals surface area contributed by atoms with Gasteiger partial charge in [-0.25, -0.2) is 22.0 Å². The van der Waals surface area contributed by atoms with Gasteiger partial charge in [0.2, 0.25) is 9.84 Å². The Morgan fingerprint density at radius 1 is 1.12 bits per heavy atom. The Morgan fingerprint density at radius 2 is 1.84 bits per heavy atom. The number of carbonyl (C=O) groups is 1. The molecule has 0 spiro atoms. The van der Waals surface area contributed by atoms with Crippen molar-refractivity contribution in [3.05, 3.63) is 64.7 Å². The first-order chi connectivity index (χ1) is 11.8. The number of methoxy groups -OCH3 is 1. The van der Waals surface area contributed by atoms with E-state index < -0.39 is 37.2 Å². The maximum atomic E-state index is 13.9. The molecule has 2 aromatic rings. The minimum Gasteiger partial charge on any atom is -0.465 e. The molecule has 0 N–H and O–H groups in total. The highest BCUT2D eigenvalue weighted by atomic mass is 32.2. The number of carbonyl (C=O) groups excluding carboxylic acids is 1. The van der Waals surface area contributed by atoms with Crippen molar-refractivity contribution in [3.8, 4) is 0 Å². The zero-order chi connectivity index (χ0) is 18.4. The van der Waals surface area contributed by atoms with Crippen LogP contribution in [0.5, 0.6) is 0 Å². The maximum absolute atomic E-state index is 13.9. The first kappa shape index (κ1) is 17.1. The second-order valence-corrected chi connectivity index (χ2v) is 7.29. The lowest BCUT2D eigenvalue weighted by molar-refractivity contribution is -0.135. The summed E-state index contributed by atoms with van der Waals surface area (Å²) >= 11 is 0. The molecule has 0 saturated carbocycles. The normalized spacial score (nSPS) is 15.4. The van der Waals surface area contributed by atoms with Crippen LogP contribution in [0.4, 0.5) is 20.2 Å². The number of anilines is 2. The Morgan fingerprint density at radius 3 is 2.48 bits per heavy atom. The number of hydrogen-bond acceptors (Lipinski definition) is 5. The lowest BCUT2D eigenvalue weighted by Crippen LogP contribution is -2.26. The fraction of sp³-hybridized carbons (Fsp3) is 0.118. The molecular formula is C17H13F2NO4S. The number of sulfone groups is 1. The number of aryl methyl sites for hydroxylation is 1. The smallest absolute Gasteiger partial charge is 0.351 e. The van der Waals surface area contributed by atoms with Gasteiger partial charge in [-0.3, -0.25) is 0 Å². The van der Waals surface area contributed by atoms with Crippen LogP contribution in [0.15, 0.2) is 52.4 Å². The molecule has 0 saturated heterocycles. The monoisotopic (exact) mass is 365 g/mol. The minimum absolute atomic E-state index is 0.109. The van der Waals surface area contributed by atoms with Crippen molar-refractivity contribution in [2.24, 2.45) is 0 Å². The Labute approximate surface area is 143 Å². The summed E-state index contributed by atoms with van der Waals surface area (Å²) in [4.78, 5) is 12.2. The zero-order valence-corrected chi connectivity index (χ0v) is 14.1. The van der Waals surface area contributed by atoms with Gasteiger partial charge in [-0.2, -0.15) is 0 Å². The molecular weight excluding hydrogens is 352 g/mol. The van der Waals surface area contributed by atoms with Crippen LogP contribution in [-0.4, -0.2) is 21.5 Å². The number of esters is 1. The molecule has 8 heteroatoms. The van der Waals surface area contributed by atoms with Crippen LogP contribution in [0.1, 0.15) is 5.56 Å². The van der Waals surface area contributed by atoms with Crippen molar-refractivity contribution in [2.45, 2.75) is 11.8 Å². The molecule has 0 unspecified atom stereocenters. The molecule has 0 amide bonds. The van der Waals surface area contributed by atoms with Crippen molar-refractivity contribution in [3.63, 3.8) is 0 Å². The minimum atomic E-state index is -4.26. The summed E-state index contributed by atoms with van der Waals surface area (Å²) in [5, 5.41) is 0. The van der Waals surface area contributed by atoms with E-state index in [1.807, 2.05) is 0 Å². The summed E-state index contributed by atoms with van der Waals surface area (Å²) in [5.74, 6) is -2.36. The second-order valence-electron chi connectivity index (χ2n) is 5.40. The maximum Gasteiger partial charge on any atom is 0.351 e. The standard InChI is InChI=1S/C17H13F2NO4S/c1-10-3-5-12(8-13(10)19)20-9-16(17(21)24-2)25(22,23)15-7-11(18)4-6-14(15)20/h3-9H,1-2H3. The molecule has 3 rings (SSSR count). The Bertz CT molecular complexity index is 1020. The average molecular weight is 365 g/mol. The molecule has 1 heterocycles. The predicted octanol–water partition coefficient (Wildman–Crippen LogP) is 3.21. The van der Waals surface area contributed by atoms with Crippen LogP contribution in [0.3, 0.4) is 0 Å². The molecule has 2 aromatic carbocycles. The number of benzene rings is 2. The topological polar surface area (TPSA) is 63.7 Å². The Balaban J connectivity index is 2.30. The summed E-state index contributed by atoms with van der Waals surface area (Å²) in [6, 6.07) is 7.44. The largest absolute Gasteiger partial charge is 0.465 e. The number of fused-ring (bicyclic) bond motifs is 1. The Hall–Kier alpha value is -2.74. The van der Waals surface area contributed by atoms with Crippen LogP contribution in [0.25, 0.3) is 0 Å². The molecule has 25 heavy (non-hydrogen) atoms. The van der Waals surface area contributed by atoms with Gasteiger partial charge < -0.3 is 9.64 Å². The van der Waals surface area contributed by atoms with Crippen LogP contribution in [0, 0.1) is 18.6 Å². The second kappa shape index (κ2) is 5.96. The molecule has 130 valence electrons. The van der Waals surface area contributed by atoms with E-state index in [0.29, 0.717) is 5.56 Å². The molecule has 1 aliphatic heterocycles. The quantitative estimate of drug-likeness (QED) is 0.765. The predicted molar refractivity (Wildman–Crippen MR) is 87.0 cm³/mol. The van der Waals surface area contributed by atoms with Crippen molar-refractivity contribution in [2.75, 3.05) is 12.0 Å². The van der Waals surface area contributed by atoms with Gasteiger partial charge in [0.15, 0.2) is 4.91 Å². The molecule has 0 aromatic heterocycles. The number of rotatable bonds is 2. The molecule has 0 bridgehead atoms. The van der Waals surface area contributed by atoms with E-state index in [0.717, 1.165) is 25.4 Å². The highest BCUT2D eigenvalue weighted by Crippen LogP contribution is 2.40. The van der Waals surface area contributed by atoms with Crippen LogP contribution in [-0.2, 0) is 19.4 Å². The fourth-order valence-electron chi connectivity index (χ4n) is 2.49. The van der Waals surface area contributed by atoms with Gasteiger partial charge >= 0.3 is 5.97 Å². The number of nitrogens with zero attached hydrogens (tertiary/aromatic N) is 1. The molecule has 0 aliphatic carbocycles. The third-order valence-electron chi connectivity index (χ3n) is 3.83. The van der Waals surface area contributed by atoms with Crippen LogP contribution in [0.2, 0.25) is 0 Å². The van der Waals surface area contributed by atoms with Gasteiger partial charge in [0.1, 0.15) is 11.6 Å². The van der Waals surface area contributed by atoms with E-state index in [2.05, 4.69) is 4.74 Å². The summed E-state index contributed by atoms with van der Waals surface area (Å²) in [5.41, 5.74) is 0.800. The SMILES string of the molecule is COC(=O)C1=CN(c2ccc(C)c(F)c2)c2ccc(F)cc2S1(=O)=O. The van der Waals surface area contributed by atoms with Crippen molar-refractivity contribution >= 4 is 27.2 Å². The molecule has 0 fully saturated rings. The van der Waals surface area contributed by atoms with E-state index in [9.17, 15) is 22.0 Å². The van der Waals surface area contributed by atoms with E-state index in [4.69, 9.17) is 0 Å². The highest BCUT2D eigenvalue weighted by Gasteiger charge is 2.37. The molecule has 1 aliphatic rings. The lowest BCUT2D eigenvalue weighted by atomic mass is 10.2.